The zero-order valence-corrected chi connectivity index (χ0v) is 11.7. The Kier molecular flexibility index (Phi) is 4.42. The third-order valence-electron chi connectivity index (χ3n) is 3.43. The van der Waals surface area contributed by atoms with Gasteiger partial charge < -0.3 is 10.0 Å². The summed E-state index contributed by atoms with van der Waals surface area (Å²) in [6, 6.07) is 3.70. The predicted molar refractivity (Wildman–Crippen MR) is 74.4 cm³/mol. The quantitative estimate of drug-likeness (QED) is 0.678. The van der Waals surface area contributed by atoms with E-state index in [4.69, 9.17) is 16.7 Å². The number of non-ortho nitro benzene ring substituents is 1. The number of carbonyl (C=O) groups excluding carboxylic acids is 1. The number of carbonyl (C=O) groups is 2. The van der Waals surface area contributed by atoms with Crippen LogP contribution in [0.2, 0.25) is 5.02 Å². The van der Waals surface area contributed by atoms with Gasteiger partial charge in [0.25, 0.3) is 11.6 Å². The van der Waals surface area contributed by atoms with Crippen molar-refractivity contribution in [3.05, 3.63) is 38.9 Å². The fourth-order valence-corrected chi connectivity index (χ4v) is 2.59. The Hall–Kier alpha value is -2.15. The molecule has 1 aromatic rings. The van der Waals surface area contributed by atoms with Crippen LogP contribution < -0.4 is 0 Å². The van der Waals surface area contributed by atoms with Crippen LogP contribution in [0.4, 0.5) is 5.69 Å². The first-order valence-electron chi connectivity index (χ1n) is 6.33. The number of aliphatic carboxylic acids is 1. The van der Waals surface area contributed by atoms with Gasteiger partial charge in [0.05, 0.1) is 15.5 Å². The van der Waals surface area contributed by atoms with E-state index in [2.05, 4.69) is 0 Å². The van der Waals surface area contributed by atoms with Gasteiger partial charge in [0, 0.05) is 31.6 Å². The lowest BCUT2D eigenvalue weighted by Gasteiger charge is -2.17. The molecule has 112 valence electrons. The molecule has 1 heterocycles. The monoisotopic (exact) mass is 312 g/mol. The largest absolute Gasteiger partial charge is 0.481 e. The molecule has 0 saturated carbocycles. The highest BCUT2D eigenvalue weighted by Gasteiger charge is 2.29. The van der Waals surface area contributed by atoms with E-state index in [0.717, 1.165) is 6.07 Å². The highest BCUT2D eigenvalue weighted by molar-refractivity contribution is 6.33. The highest BCUT2D eigenvalue weighted by Crippen LogP contribution is 2.27. The molecule has 21 heavy (non-hydrogen) atoms. The lowest BCUT2D eigenvalue weighted by atomic mass is 10.1. The number of halogens is 1. The Balaban J connectivity index is 2.15. The number of nitro groups is 1. The van der Waals surface area contributed by atoms with Crippen molar-refractivity contribution < 1.29 is 19.6 Å². The molecule has 1 saturated heterocycles. The maximum atomic E-state index is 12.3. The van der Waals surface area contributed by atoms with Gasteiger partial charge in [-0.1, -0.05) is 11.6 Å². The molecule has 0 radical (unpaired) electrons. The van der Waals surface area contributed by atoms with Crippen molar-refractivity contribution in [3.8, 4) is 0 Å². The molecular formula is C13H13ClN2O5. The number of nitro benzene ring substituents is 1. The second-order valence-corrected chi connectivity index (χ2v) is 5.33. The van der Waals surface area contributed by atoms with E-state index >= 15 is 0 Å². The van der Waals surface area contributed by atoms with E-state index in [1.54, 1.807) is 0 Å². The second kappa shape index (κ2) is 6.09. The first-order chi connectivity index (χ1) is 9.88. The minimum Gasteiger partial charge on any atom is -0.481 e. The molecule has 0 spiro atoms. The van der Waals surface area contributed by atoms with Crippen LogP contribution in [0, 0.1) is 16.0 Å². The van der Waals surface area contributed by atoms with E-state index in [0.29, 0.717) is 19.5 Å². The van der Waals surface area contributed by atoms with Crippen molar-refractivity contribution >= 4 is 29.2 Å². The first kappa shape index (κ1) is 15.2. The number of hydrogen-bond acceptors (Lipinski definition) is 4. The van der Waals surface area contributed by atoms with Gasteiger partial charge in [-0.25, -0.2) is 0 Å². The summed E-state index contributed by atoms with van der Waals surface area (Å²) in [4.78, 5) is 34.7. The zero-order chi connectivity index (χ0) is 15.6. The third-order valence-corrected chi connectivity index (χ3v) is 3.76. The van der Waals surface area contributed by atoms with E-state index in [-0.39, 0.29) is 28.6 Å². The van der Waals surface area contributed by atoms with Crippen LogP contribution in [0.3, 0.4) is 0 Å². The molecular weight excluding hydrogens is 300 g/mol. The first-order valence-corrected chi connectivity index (χ1v) is 6.71. The average Bonchev–Trinajstić information content (AvgIpc) is 2.85. The summed E-state index contributed by atoms with van der Waals surface area (Å²) in [5.74, 6) is -1.40. The summed E-state index contributed by atoms with van der Waals surface area (Å²) in [5, 5.41) is 19.7. The topological polar surface area (TPSA) is 101 Å². The van der Waals surface area contributed by atoms with E-state index in [1.165, 1.54) is 17.0 Å². The van der Waals surface area contributed by atoms with Crippen LogP contribution in [0.25, 0.3) is 0 Å². The van der Waals surface area contributed by atoms with Gasteiger partial charge in [0.2, 0.25) is 0 Å². The molecule has 0 aliphatic carbocycles. The smallest absolute Gasteiger partial charge is 0.303 e. The molecule has 7 nitrogen and oxygen atoms in total. The predicted octanol–water partition coefficient (Wildman–Crippen LogP) is 2.19. The van der Waals surface area contributed by atoms with Crippen LogP contribution in [0.5, 0.6) is 0 Å². The number of rotatable bonds is 4. The van der Waals surface area contributed by atoms with Gasteiger partial charge in [0.15, 0.2) is 0 Å². The molecule has 1 fully saturated rings. The molecule has 1 unspecified atom stereocenters. The Labute approximate surface area is 125 Å². The molecule has 1 atom stereocenters. The number of carboxylic acid groups (broad SMARTS) is 1. The minimum absolute atomic E-state index is 0.00640. The number of likely N-dealkylation sites (tertiary alicyclic amines) is 1. The number of carboxylic acids is 1. The van der Waals surface area contributed by atoms with Gasteiger partial charge in [-0.3, -0.25) is 19.7 Å². The fraction of sp³-hybridized carbons (Fsp3) is 0.385. The van der Waals surface area contributed by atoms with Gasteiger partial charge in [0.1, 0.15) is 0 Å². The van der Waals surface area contributed by atoms with E-state index < -0.39 is 16.8 Å². The van der Waals surface area contributed by atoms with Crippen LogP contribution in [0.1, 0.15) is 23.2 Å². The second-order valence-electron chi connectivity index (χ2n) is 4.92. The summed E-state index contributed by atoms with van der Waals surface area (Å²) >= 11 is 5.93. The lowest BCUT2D eigenvalue weighted by Crippen LogP contribution is -2.29. The molecule has 1 N–H and O–H groups in total. The summed E-state index contributed by atoms with van der Waals surface area (Å²) in [5.41, 5.74) is -0.133. The Morgan fingerprint density at radius 3 is 2.81 bits per heavy atom. The Morgan fingerprint density at radius 1 is 1.48 bits per heavy atom. The fourth-order valence-electron chi connectivity index (χ4n) is 2.39. The van der Waals surface area contributed by atoms with Gasteiger partial charge in [-0.15, -0.1) is 0 Å². The van der Waals surface area contributed by atoms with Crippen molar-refractivity contribution in [1.29, 1.82) is 0 Å². The molecule has 0 bridgehead atoms. The van der Waals surface area contributed by atoms with Crippen LogP contribution >= 0.6 is 11.6 Å². The van der Waals surface area contributed by atoms with Gasteiger partial charge in [-0.2, -0.15) is 0 Å². The standard InChI is InChI=1S/C13H13ClN2O5/c14-11-2-1-9(16(20)21)6-10(11)13(19)15-4-3-8(7-15)5-12(17)18/h1-2,6,8H,3-5,7H2,(H,17,18). The molecule has 1 amide bonds. The molecule has 1 aliphatic rings. The number of amides is 1. The zero-order valence-electron chi connectivity index (χ0n) is 11.0. The maximum absolute atomic E-state index is 12.3. The highest BCUT2D eigenvalue weighted by atomic mass is 35.5. The number of hydrogen-bond donors (Lipinski definition) is 1. The minimum atomic E-state index is -0.900. The average molecular weight is 313 g/mol. The van der Waals surface area contributed by atoms with Crippen LogP contribution in [-0.2, 0) is 4.79 Å². The molecule has 1 aromatic carbocycles. The summed E-state index contributed by atoms with van der Waals surface area (Å²) in [6.07, 6.45) is 0.608. The normalized spacial score (nSPS) is 17.8. The lowest BCUT2D eigenvalue weighted by molar-refractivity contribution is -0.384. The number of nitrogens with zero attached hydrogens (tertiary/aromatic N) is 2. The van der Waals surface area contributed by atoms with Crippen molar-refractivity contribution in [2.75, 3.05) is 13.1 Å². The maximum Gasteiger partial charge on any atom is 0.303 e. The van der Waals surface area contributed by atoms with Crippen LogP contribution in [-0.4, -0.2) is 39.9 Å². The Bertz CT molecular complexity index is 604. The third kappa shape index (κ3) is 3.49. The van der Waals surface area contributed by atoms with Crippen molar-refractivity contribution in [2.45, 2.75) is 12.8 Å². The molecule has 8 heteroatoms. The van der Waals surface area contributed by atoms with Crippen LogP contribution in [0.15, 0.2) is 18.2 Å². The van der Waals surface area contributed by atoms with Crippen molar-refractivity contribution in [1.82, 2.24) is 4.90 Å². The summed E-state index contributed by atoms with van der Waals surface area (Å²) in [6.45, 7) is 0.750. The van der Waals surface area contributed by atoms with Crippen molar-refractivity contribution in [3.63, 3.8) is 0 Å². The number of benzene rings is 1. The molecule has 2 rings (SSSR count). The summed E-state index contributed by atoms with van der Waals surface area (Å²) < 4.78 is 0. The van der Waals surface area contributed by atoms with Gasteiger partial charge >= 0.3 is 5.97 Å². The Morgan fingerprint density at radius 2 is 2.19 bits per heavy atom. The molecule has 1 aliphatic heterocycles. The summed E-state index contributed by atoms with van der Waals surface area (Å²) in [7, 11) is 0. The van der Waals surface area contributed by atoms with Crippen molar-refractivity contribution in [2.24, 2.45) is 5.92 Å². The van der Waals surface area contributed by atoms with E-state index in [1.807, 2.05) is 0 Å². The SMILES string of the molecule is O=C(O)CC1CCN(C(=O)c2cc([N+](=O)[O-])ccc2Cl)C1. The van der Waals surface area contributed by atoms with E-state index in [9.17, 15) is 19.7 Å². The van der Waals surface area contributed by atoms with Gasteiger partial charge in [-0.05, 0) is 18.4 Å². The molecule has 0 aromatic heterocycles.